The summed E-state index contributed by atoms with van der Waals surface area (Å²) in [4.78, 5) is 1.57. The van der Waals surface area contributed by atoms with Crippen LogP contribution in [0.4, 0.5) is 0 Å². The molecular formula is C13H13BrN6S. The summed E-state index contributed by atoms with van der Waals surface area (Å²) in [6.45, 7) is 4.00. The van der Waals surface area contributed by atoms with E-state index in [4.69, 9.17) is 0 Å². The molecule has 0 N–H and O–H groups in total. The summed E-state index contributed by atoms with van der Waals surface area (Å²) < 4.78 is 2.72. The highest BCUT2D eigenvalue weighted by molar-refractivity contribution is 9.10. The zero-order valence-electron chi connectivity index (χ0n) is 11.5. The summed E-state index contributed by atoms with van der Waals surface area (Å²) in [6.07, 6.45) is 1.70. The number of hydrogen-bond donors (Lipinski definition) is 1. The second-order valence-electron chi connectivity index (χ2n) is 4.80. The molecule has 0 aliphatic heterocycles. The van der Waals surface area contributed by atoms with Crippen LogP contribution >= 0.6 is 28.6 Å². The van der Waals surface area contributed by atoms with Gasteiger partial charge in [-0.05, 0) is 37.3 Å². The summed E-state index contributed by atoms with van der Waals surface area (Å²) in [5.74, 6) is 0.523. The van der Waals surface area contributed by atoms with Crippen LogP contribution in [0.3, 0.4) is 0 Å². The van der Waals surface area contributed by atoms with Gasteiger partial charge in [0.2, 0.25) is 5.82 Å². The highest BCUT2D eigenvalue weighted by Crippen LogP contribution is 2.26. The average Bonchev–Trinajstić information content (AvgIpc) is 3.05. The van der Waals surface area contributed by atoms with Crippen molar-refractivity contribution in [1.29, 1.82) is 0 Å². The summed E-state index contributed by atoms with van der Waals surface area (Å²) in [7, 11) is 0. The number of rotatable bonds is 3. The molecule has 1 aromatic carbocycles. The predicted octanol–water partition coefficient (Wildman–Crippen LogP) is 3.16. The smallest absolute Gasteiger partial charge is 0.209 e. The molecule has 0 amide bonds. The van der Waals surface area contributed by atoms with Crippen LogP contribution < -0.4 is 0 Å². The molecule has 3 rings (SSSR count). The molecule has 0 unspecified atom stereocenters. The van der Waals surface area contributed by atoms with Crippen LogP contribution in [0.2, 0.25) is 0 Å². The molecule has 0 spiro atoms. The van der Waals surface area contributed by atoms with Gasteiger partial charge in [-0.3, -0.25) is 0 Å². The molecule has 0 radical (unpaired) electrons. The van der Waals surface area contributed by atoms with E-state index < -0.39 is 0 Å². The third kappa shape index (κ3) is 2.73. The molecule has 0 fully saturated rings. The fraction of sp³-hybridized carbons (Fsp3) is 0.231. The maximum atomic E-state index is 4.55. The van der Waals surface area contributed by atoms with Gasteiger partial charge in [0.1, 0.15) is 5.03 Å². The van der Waals surface area contributed by atoms with E-state index in [2.05, 4.69) is 49.1 Å². The first kappa shape index (κ1) is 14.3. The van der Waals surface area contributed by atoms with Crippen LogP contribution in [-0.4, -0.2) is 30.0 Å². The van der Waals surface area contributed by atoms with Gasteiger partial charge in [-0.15, -0.1) is 22.8 Å². The van der Waals surface area contributed by atoms with Crippen molar-refractivity contribution in [3.8, 4) is 17.1 Å². The SMILES string of the molecule is CC(C)n1nnc(-c2cnn(-c3cccc(Br)c3)c2S)n1. The van der Waals surface area contributed by atoms with Crippen molar-refractivity contribution in [2.24, 2.45) is 0 Å². The highest BCUT2D eigenvalue weighted by atomic mass is 79.9. The summed E-state index contributed by atoms with van der Waals surface area (Å²) in [5.41, 5.74) is 1.67. The van der Waals surface area contributed by atoms with Gasteiger partial charge in [-0.1, -0.05) is 22.0 Å². The minimum absolute atomic E-state index is 0.162. The molecule has 0 saturated heterocycles. The summed E-state index contributed by atoms with van der Waals surface area (Å²) in [6, 6.07) is 7.99. The van der Waals surface area contributed by atoms with E-state index in [0.717, 1.165) is 15.7 Å². The number of hydrogen-bond acceptors (Lipinski definition) is 5. The van der Waals surface area contributed by atoms with Crippen LogP contribution in [0.5, 0.6) is 0 Å². The van der Waals surface area contributed by atoms with Crippen molar-refractivity contribution in [1.82, 2.24) is 30.0 Å². The van der Waals surface area contributed by atoms with Crippen LogP contribution in [0.1, 0.15) is 19.9 Å². The highest BCUT2D eigenvalue weighted by Gasteiger charge is 2.16. The minimum atomic E-state index is 0.162. The fourth-order valence-electron chi connectivity index (χ4n) is 1.85. The molecule has 21 heavy (non-hydrogen) atoms. The molecule has 0 aliphatic rings. The molecule has 2 aromatic heterocycles. The van der Waals surface area contributed by atoms with Crippen molar-refractivity contribution < 1.29 is 0 Å². The Morgan fingerprint density at radius 1 is 1.29 bits per heavy atom. The van der Waals surface area contributed by atoms with Crippen molar-refractivity contribution >= 4 is 28.6 Å². The number of aromatic nitrogens is 6. The van der Waals surface area contributed by atoms with Crippen LogP contribution in [0.25, 0.3) is 17.1 Å². The number of nitrogens with zero attached hydrogens (tertiary/aromatic N) is 6. The van der Waals surface area contributed by atoms with Gasteiger partial charge in [-0.2, -0.15) is 9.90 Å². The predicted molar refractivity (Wildman–Crippen MR) is 85.7 cm³/mol. The Bertz CT molecular complexity index is 779. The molecular weight excluding hydrogens is 352 g/mol. The van der Waals surface area contributed by atoms with E-state index in [1.807, 2.05) is 38.1 Å². The molecule has 8 heteroatoms. The van der Waals surface area contributed by atoms with Crippen LogP contribution in [-0.2, 0) is 0 Å². The summed E-state index contributed by atoms with van der Waals surface area (Å²) >= 11 is 8.00. The Kier molecular flexibility index (Phi) is 3.81. The van der Waals surface area contributed by atoms with Crippen molar-refractivity contribution in [3.05, 3.63) is 34.9 Å². The quantitative estimate of drug-likeness (QED) is 0.725. The first-order valence-corrected chi connectivity index (χ1v) is 7.63. The molecule has 0 saturated carbocycles. The van der Waals surface area contributed by atoms with Crippen molar-refractivity contribution in [2.45, 2.75) is 24.9 Å². The lowest BCUT2D eigenvalue weighted by molar-refractivity contribution is 0.455. The maximum Gasteiger partial charge on any atom is 0.209 e. The Labute approximate surface area is 135 Å². The largest absolute Gasteiger partial charge is 0.227 e. The monoisotopic (exact) mass is 364 g/mol. The Morgan fingerprint density at radius 3 is 2.76 bits per heavy atom. The Balaban J connectivity index is 2.02. The molecule has 2 heterocycles. The lowest BCUT2D eigenvalue weighted by atomic mass is 10.3. The van der Waals surface area contributed by atoms with Gasteiger partial charge in [0, 0.05) is 4.47 Å². The van der Waals surface area contributed by atoms with E-state index in [0.29, 0.717) is 10.9 Å². The maximum absolute atomic E-state index is 4.55. The van der Waals surface area contributed by atoms with Gasteiger partial charge in [0.05, 0.1) is 23.5 Å². The minimum Gasteiger partial charge on any atom is -0.227 e. The first-order valence-electron chi connectivity index (χ1n) is 6.39. The fourth-order valence-corrected chi connectivity index (χ4v) is 2.56. The third-order valence-electron chi connectivity index (χ3n) is 2.93. The molecule has 3 aromatic rings. The zero-order valence-corrected chi connectivity index (χ0v) is 14.0. The Hall–Kier alpha value is -1.67. The third-order valence-corrected chi connectivity index (χ3v) is 3.85. The zero-order chi connectivity index (χ0) is 15.0. The first-order chi connectivity index (χ1) is 10.1. The van der Waals surface area contributed by atoms with Crippen LogP contribution in [0.15, 0.2) is 40.0 Å². The molecule has 108 valence electrons. The molecule has 0 bridgehead atoms. The number of thiol groups is 1. The molecule has 6 nitrogen and oxygen atoms in total. The van der Waals surface area contributed by atoms with E-state index in [-0.39, 0.29) is 6.04 Å². The standard InChI is InChI=1S/C13H13BrN6S/c1-8(2)20-17-12(16-18-20)11-7-15-19(13(11)21)10-5-3-4-9(14)6-10/h3-8,21H,1-2H3. The van der Waals surface area contributed by atoms with E-state index >= 15 is 0 Å². The topological polar surface area (TPSA) is 61.4 Å². The van der Waals surface area contributed by atoms with E-state index in [1.165, 1.54) is 0 Å². The Morgan fingerprint density at radius 2 is 2.10 bits per heavy atom. The van der Waals surface area contributed by atoms with Crippen molar-refractivity contribution in [3.63, 3.8) is 0 Å². The van der Waals surface area contributed by atoms with Gasteiger partial charge in [0.25, 0.3) is 0 Å². The van der Waals surface area contributed by atoms with Gasteiger partial charge < -0.3 is 0 Å². The van der Waals surface area contributed by atoms with E-state index in [9.17, 15) is 0 Å². The number of tetrazole rings is 1. The summed E-state index contributed by atoms with van der Waals surface area (Å²) in [5, 5.41) is 17.5. The normalized spacial score (nSPS) is 11.3. The molecule has 0 aliphatic carbocycles. The van der Waals surface area contributed by atoms with E-state index in [1.54, 1.807) is 15.7 Å². The second kappa shape index (κ2) is 5.61. The van der Waals surface area contributed by atoms with Crippen molar-refractivity contribution in [2.75, 3.05) is 0 Å². The van der Waals surface area contributed by atoms with Gasteiger partial charge in [0.15, 0.2) is 0 Å². The van der Waals surface area contributed by atoms with Gasteiger partial charge >= 0.3 is 0 Å². The second-order valence-corrected chi connectivity index (χ2v) is 6.14. The molecule has 0 atom stereocenters. The van der Waals surface area contributed by atoms with Crippen LogP contribution in [0, 0.1) is 0 Å². The lowest BCUT2D eigenvalue weighted by Crippen LogP contribution is -2.04. The number of halogens is 1. The number of benzene rings is 1. The lowest BCUT2D eigenvalue weighted by Gasteiger charge is -2.04. The average molecular weight is 365 g/mol. The van der Waals surface area contributed by atoms with Gasteiger partial charge in [-0.25, -0.2) is 4.68 Å².